The Balaban J connectivity index is 1.90. The molecular formula is C15H27NO2. The molecule has 3 nitrogen and oxygen atoms in total. The Bertz CT molecular complexity index is 274. The largest absolute Gasteiger partial charge is 0.480 e. The van der Waals surface area contributed by atoms with Crippen LogP contribution in [0.5, 0.6) is 0 Å². The first-order chi connectivity index (χ1) is 8.67. The molecule has 0 amide bonds. The molecule has 2 rings (SSSR count). The van der Waals surface area contributed by atoms with Crippen LogP contribution in [-0.4, -0.2) is 35.1 Å². The van der Waals surface area contributed by atoms with Crippen LogP contribution in [0.15, 0.2) is 0 Å². The van der Waals surface area contributed by atoms with Crippen molar-refractivity contribution < 1.29 is 9.90 Å². The summed E-state index contributed by atoms with van der Waals surface area (Å²) in [5.41, 5.74) is 0.573. The zero-order chi connectivity index (χ0) is 13.0. The van der Waals surface area contributed by atoms with Crippen LogP contribution in [0.4, 0.5) is 0 Å². The van der Waals surface area contributed by atoms with E-state index in [1.165, 1.54) is 44.9 Å². The van der Waals surface area contributed by atoms with Crippen LogP contribution >= 0.6 is 0 Å². The van der Waals surface area contributed by atoms with E-state index in [1.807, 2.05) is 0 Å². The second-order valence-electron chi connectivity index (χ2n) is 6.24. The van der Waals surface area contributed by atoms with E-state index < -0.39 is 5.97 Å². The second kappa shape index (κ2) is 6.05. The van der Waals surface area contributed by atoms with E-state index in [-0.39, 0.29) is 6.04 Å². The van der Waals surface area contributed by atoms with Gasteiger partial charge in [-0.3, -0.25) is 9.69 Å². The van der Waals surface area contributed by atoms with Crippen LogP contribution in [-0.2, 0) is 4.79 Å². The highest BCUT2D eigenvalue weighted by Crippen LogP contribution is 2.44. The van der Waals surface area contributed by atoms with Gasteiger partial charge < -0.3 is 5.11 Å². The summed E-state index contributed by atoms with van der Waals surface area (Å²) in [6, 6.07) is -0.240. The highest BCUT2D eigenvalue weighted by molar-refractivity contribution is 5.73. The molecule has 1 aliphatic carbocycles. The van der Waals surface area contributed by atoms with Gasteiger partial charge in [-0.1, -0.05) is 32.6 Å². The Kier molecular flexibility index (Phi) is 4.66. The number of nitrogens with zero attached hydrogens (tertiary/aromatic N) is 1. The van der Waals surface area contributed by atoms with Crippen LogP contribution < -0.4 is 0 Å². The van der Waals surface area contributed by atoms with Crippen molar-refractivity contribution in [1.82, 2.24) is 4.90 Å². The van der Waals surface area contributed by atoms with Gasteiger partial charge in [0.1, 0.15) is 6.04 Å². The predicted molar refractivity (Wildman–Crippen MR) is 72.7 cm³/mol. The summed E-state index contributed by atoms with van der Waals surface area (Å²) in [5.74, 6) is -0.628. The van der Waals surface area contributed by atoms with Gasteiger partial charge in [0.2, 0.25) is 0 Å². The molecule has 1 atom stereocenters. The van der Waals surface area contributed by atoms with Crippen molar-refractivity contribution in [3.8, 4) is 0 Å². The molecule has 1 heterocycles. The van der Waals surface area contributed by atoms with Gasteiger partial charge in [-0.25, -0.2) is 0 Å². The van der Waals surface area contributed by atoms with Crippen molar-refractivity contribution in [2.24, 2.45) is 5.41 Å². The zero-order valence-corrected chi connectivity index (χ0v) is 11.7. The number of hydrogen-bond acceptors (Lipinski definition) is 2. The Morgan fingerprint density at radius 2 is 1.78 bits per heavy atom. The van der Waals surface area contributed by atoms with Crippen molar-refractivity contribution in [1.29, 1.82) is 0 Å². The van der Waals surface area contributed by atoms with E-state index in [0.29, 0.717) is 5.41 Å². The maximum absolute atomic E-state index is 11.3. The van der Waals surface area contributed by atoms with Crippen molar-refractivity contribution in [3.63, 3.8) is 0 Å². The van der Waals surface area contributed by atoms with Crippen molar-refractivity contribution in [3.05, 3.63) is 0 Å². The number of rotatable bonds is 4. The highest BCUT2D eigenvalue weighted by Gasteiger charge is 2.38. The Labute approximate surface area is 111 Å². The Morgan fingerprint density at radius 1 is 1.17 bits per heavy atom. The van der Waals surface area contributed by atoms with Crippen LogP contribution in [0.3, 0.4) is 0 Å². The maximum atomic E-state index is 11.3. The molecule has 0 bridgehead atoms. The lowest BCUT2D eigenvalue weighted by atomic mass is 9.68. The van der Waals surface area contributed by atoms with E-state index in [2.05, 4.69) is 11.8 Å². The Hall–Kier alpha value is -0.570. The first kappa shape index (κ1) is 13.9. The standard InChI is InChI=1S/C15H27NO2/c1-2-6-13(14(17)18)16-11-9-15(10-12-16)7-4-3-5-8-15/h13H,2-12H2,1H3,(H,17,18). The average molecular weight is 253 g/mol. The minimum atomic E-state index is -0.628. The van der Waals surface area contributed by atoms with Gasteiger partial charge in [-0.05, 0) is 50.6 Å². The van der Waals surface area contributed by atoms with Gasteiger partial charge in [0, 0.05) is 0 Å². The summed E-state index contributed by atoms with van der Waals surface area (Å²) in [6.45, 7) is 4.07. The van der Waals surface area contributed by atoms with Crippen molar-refractivity contribution >= 4 is 5.97 Å². The summed E-state index contributed by atoms with van der Waals surface area (Å²) >= 11 is 0. The molecule has 0 radical (unpaired) electrons. The molecule has 1 spiro atoms. The third kappa shape index (κ3) is 3.05. The quantitative estimate of drug-likeness (QED) is 0.836. The third-order valence-electron chi connectivity index (χ3n) is 5.06. The number of aliphatic carboxylic acids is 1. The molecule has 1 saturated heterocycles. The predicted octanol–water partition coefficient (Wildman–Crippen LogP) is 3.29. The fourth-order valence-electron chi connectivity index (χ4n) is 3.85. The van der Waals surface area contributed by atoms with E-state index in [4.69, 9.17) is 0 Å². The van der Waals surface area contributed by atoms with Gasteiger partial charge in [0.15, 0.2) is 0 Å². The number of likely N-dealkylation sites (tertiary alicyclic amines) is 1. The number of carbonyl (C=O) groups is 1. The number of hydrogen-bond donors (Lipinski definition) is 1. The molecule has 18 heavy (non-hydrogen) atoms. The first-order valence-corrected chi connectivity index (χ1v) is 7.64. The lowest BCUT2D eigenvalue weighted by Crippen LogP contribution is -2.48. The van der Waals surface area contributed by atoms with Crippen molar-refractivity contribution in [2.45, 2.75) is 70.8 Å². The summed E-state index contributed by atoms with van der Waals surface area (Å²) < 4.78 is 0. The normalized spacial score (nSPS) is 26.1. The molecule has 0 aromatic rings. The summed E-state index contributed by atoms with van der Waals surface area (Å²) in [5, 5.41) is 9.32. The number of carboxylic acids is 1. The molecule has 1 aliphatic heterocycles. The molecule has 2 fully saturated rings. The van der Waals surface area contributed by atoms with Crippen LogP contribution in [0, 0.1) is 5.41 Å². The molecule has 2 aliphatic rings. The lowest BCUT2D eigenvalue weighted by molar-refractivity contribution is -0.144. The molecule has 1 unspecified atom stereocenters. The second-order valence-corrected chi connectivity index (χ2v) is 6.24. The van der Waals surface area contributed by atoms with Crippen molar-refractivity contribution in [2.75, 3.05) is 13.1 Å². The zero-order valence-electron chi connectivity index (χ0n) is 11.7. The molecular weight excluding hydrogens is 226 g/mol. The molecule has 1 N–H and O–H groups in total. The van der Waals surface area contributed by atoms with Gasteiger partial charge >= 0.3 is 5.97 Å². The van der Waals surface area contributed by atoms with Gasteiger partial charge in [-0.15, -0.1) is 0 Å². The highest BCUT2D eigenvalue weighted by atomic mass is 16.4. The maximum Gasteiger partial charge on any atom is 0.320 e. The average Bonchev–Trinajstić information content (AvgIpc) is 2.38. The lowest BCUT2D eigenvalue weighted by Gasteiger charge is -2.45. The fourth-order valence-corrected chi connectivity index (χ4v) is 3.85. The molecule has 3 heteroatoms. The number of piperidine rings is 1. The minimum absolute atomic E-state index is 0.240. The summed E-state index contributed by atoms with van der Waals surface area (Å²) in [7, 11) is 0. The SMILES string of the molecule is CCCC(C(=O)O)N1CCC2(CCCCC2)CC1. The van der Waals surface area contributed by atoms with Gasteiger partial charge in [0.25, 0.3) is 0 Å². The topological polar surface area (TPSA) is 40.5 Å². The number of carboxylic acid groups (broad SMARTS) is 1. The first-order valence-electron chi connectivity index (χ1n) is 7.64. The molecule has 0 aromatic heterocycles. The van der Waals surface area contributed by atoms with Crippen LogP contribution in [0.25, 0.3) is 0 Å². The van der Waals surface area contributed by atoms with E-state index in [1.54, 1.807) is 0 Å². The van der Waals surface area contributed by atoms with E-state index in [0.717, 1.165) is 25.9 Å². The van der Waals surface area contributed by atoms with E-state index >= 15 is 0 Å². The molecule has 104 valence electrons. The van der Waals surface area contributed by atoms with Crippen LogP contribution in [0.1, 0.15) is 64.7 Å². The van der Waals surface area contributed by atoms with Crippen LogP contribution in [0.2, 0.25) is 0 Å². The molecule has 1 saturated carbocycles. The van der Waals surface area contributed by atoms with Gasteiger partial charge in [0.05, 0.1) is 0 Å². The summed E-state index contributed by atoms with van der Waals surface area (Å²) in [4.78, 5) is 13.5. The molecule has 0 aromatic carbocycles. The monoisotopic (exact) mass is 253 g/mol. The smallest absolute Gasteiger partial charge is 0.320 e. The third-order valence-corrected chi connectivity index (χ3v) is 5.06. The van der Waals surface area contributed by atoms with E-state index in [9.17, 15) is 9.90 Å². The van der Waals surface area contributed by atoms with Gasteiger partial charge in [-0.2, -0.15) is 0 Å². The fraction of sp³-hybridized carbons (Fsp3) is 0.933. The Morgan fingerprint density at radius 3 is 2.28 bits per heavy atom. The minimum Gasteiger partial charge on any atom is -0.480 e. The summed E-state index contributed by atoms with van der Waals surface area (Å²) in [6.07, 6.45) is 11.1.